The third-order valence-electron chi connectivity index (χ3n) is 2.46. The largest absolute Gasteiger partial charge is 0.463 e. The number of azo groups is 1. The Hall–Kier alpha value is -0.550. The van der Waals surface area contributed by atoms with Gasteiger partial charge in [-0.15, -0.1) is 0 Å². The number of hydrogen-bond donors (Lipinski definition) is 0. The quantitative estimate of drug-likeness (QED) is 0.265. The molecule has 0 spiro atoms. The zero-order valence-electron chi connectivity index (χ0n) is 11.5. The first-order valence-corrected chi connectivity index (χ1v) is 7.78. The van der Waals surface area contributed by atoms with E-state index in [1.54, 1.807) is 6.92 Å². The van der Waals surface area contributed by atoms with Crippen molar-refractivity contribution < 1.29 is 9.53 Å². The molecule has 8 heteroatoms. The molecule has 0 amide bonds. The minimum atomic E-state index is -1.59. The number of rotatable bonds is 6. The van der Waals surface area contributed by atoms with Crippen molar-refractivity contribution in [1.82, 2.24) is 0 Å². The number of hydrogen-bond acceptors (Lipinski definition) is 4. The highest BCUT2D eigenvalue weighted by Crippen LogP contribution is 2.38. The van der Waals surface area contributed by atoms with Gasteiger partial charge in [0.1, 0.15) is 5.69 Å². The molecule has 0 saturated carbocycles. The molecule has 0 radical (unpaired) electrons. The first-order valence-electron chi connectivity index (χ1n) is 6.27. The highest BCUT2D eigenvalue weighted by Gasteiger charge is 2.37. The van der Waals surface area contributed by atoms with E-state index in [1.807, 2.05) is 6.92 Å². The first-order chi connectivity index (χ1) is 9.84. The summed E-state index contributed by atoms with van der Waals surface area (Å²) in [5, 5.41) is 8.61. The van der Waals surface area contributed by atoms with Crippen LogP contribution in [0.2, 0.25) is 15.1 Å². The van der Waals surface area contributed by atoms with Crippen molar-refractivity contribution in [2.24, 2.45) is 10.2 Å². The van der Waals surface area contributed by atoms with Gasteiger partial charge in [0, 0.05) is 5.02 Å². The van der Waals surface area contributed by atoms with Crippen LogP contribution in [0.1, 0.15) is 26.7 Å². The van der Waals surface area contributed by atoms with E-state index in [2.05, 4.69) is 10.2 Å². The number of nitrogens with zero attached hydrogens (tertiary/aromatic N) is 2. The van der Waals surface area contributed by atoms with Crippen LogP contribution in [0.4, 0.5) is 5.69 Å². The average Bonchev–Trinajstić information content (AvgIpc) is 2.38. The summed E-state index contributed by atoms with van der Waals surface area (Å²) in [4.78, 5) is 10.3. The zero-order valence-corrected chi connectivity index (χ0v) is 14.5. The van der Waals surface area contributed by atoms with Crippen molar-refractivity contribution in [3.8, 4) is 0 Å². The Morgan fingerprint density at radius 1 is 1.24 bits per heavy atom. The van der Waals surface area contributed by atoms with Gasteiger partial charge in [-0.1, -0.05) is 59.7 Å². The van der Waals surface area contributed by atoms with Crippen LogP contribution in [-0.4, -0.2) is 17.6 Å². The standard InChI is InChI=1S/C13H14Cl4N2O2/c1-3-5-13(17,12(20)21-4-2)19-18-11-9(15)6-8(14)7-10(11)16/h6-7H,3-5H2,1-2H3/b19-18+. The number of alkyl halides is 1. The van der Waals surface area contributed by atoms with Gasteiger partial charge in [0.15, 0.2) is 0 Å². The van der Waals surface area contributed by atoms with E-state index < -0.39 is 11.0 Å². The van der Waals surface area contributed by atoms with Gasteiger partial charge >= 0.3 is 5.97 Å². The van der Waals surface area contributed by atoms with Gasteiger partial charge in [-0.25, -0.2) is 4.79 Å². The van der Waals surface area contributed by atoms with Gasteiger partial charge < -0.3 is 4.74 Å². The van der Waals surface area contributed by atoms with Gasteiger partial charge in [0.25, 0.3) is 5.00 Å². The molecule has 0 N–H and O–H groups in total. The SMILES string of the molecule is CCCC(Cl)(/N=N/c1c(Cl)cc(Cl)cc1Cl)C(=O)OCC. The second-order valence-electron chi connectivity index (χ2n) is 4.15. The number of ether oxygens (including phenoxy) is 1. The monoisotopic (exact) mass is 370 g/mol. The molecule has 1 rings (SSSR count). The van der Waals surface area contributed by atoms with Crippen LogP contribution in [0.5, 0.6) is 0 Å². The van der Waals surface area contributed by atoms with Crippen molar-refractivity contribution in [3.63, 3.8) is 0 Å². The van der Waals surface area contributed by atoms with Crippen LogP contribution in [0, 0.1) is 0 Å². The highest BCUT2D eigenvalue weighted by atomic mass is 35.5. The molecule has 0 aromatic heterocycles. The van der Waals surface area contributed by atoms with Crippen molar-refractivity contribution in [2.45, 2.75) is 31.7 Å². The molecule has 0 bridgehead atoms. The Kier molecular flexibility index (Phi) is 7.21. The van der Waals surface area contributed by atoms with Crippen LogP contribution in [0.25, 0.3) is 0 Å². The van der Waals surface area contributed by atoms with E-state index in [0.717, 1.165) is 0 Å². The summed E-state index contributed by atoms with van der Waals surface area (Å²) >= 11 is 24.0. The second-order valence-corrected chi connectivity index (χ2v) is 6.02. The number of carbonyl (C=O) groups is 1. The maximum absolute atomic E-state index is 11.9. The molecule has 0 saturated heterocycles. The normalized spacial score (nSPS) is 14.2. The van der Waals surface area contributed by atoms with Gasteiger partial charge in [-0.05, 0) is 25.5 Å². The lowest BCUT2D eigenvalue weighted by molar-refractivity contribution is -0.146. The molecule has 1 atom stereocenters. The number of benzene rings is 1. The third-order valence-corrected chi connectivity index (χ3v) is 3.67. The molecular formula is C13H14Cl4N2O2. The van der Waals surface area contributed by atoms with Crippen LogP contribution < -0.4 is 0 Å². The molecule has 116 valence electrons. The highest BCUT2D eigenvalue weighted by molar-refractivity contribution is 6.41. The Labute approximate surface area is 143 Å². The third kappa shape index (κ3) is 4.99. The van der Waals surface area contributed by atoms with Gasteiger partial charge in [0.2, 0.25) is 0 Å². The molecule has 0 aliphatic carbocycles. The van der Waals surface area contributed by atoms with E-state index in [-0.39, 0.29) is 28.8 Å². The van der Waals surface area contributed by atoms with E-state index in [9.17, 15) is 4.79 Å². The number of carbonyl (C=O) groups excluding carboxylic acids is 1. The molecule has 0 aliphatic rings. The molecule has 1 aromatic carbocycles. The summed E-state index contributed by atoms with van der Waals surface area (Å²) in [7, 11) is 0. The minimum Gasteiger partial charge on any atom is -0.463 e. The summed E-state index contributed by atoms with van der Waals surface area (Å²) in [6.45, 7) is 3.76. The van der Waals surface area contributed by atoms with Crippen LogP contribution >= 0.6 is 46.4 Å². The minimum absolute atomic E-state index is 0.202. The zero-order chi connectivity index (χ0) is 16.0. The van der Waals surface area contributed by atoms with Crippen LogP contribution in [0.3, 0.4) is 0 Å². The number of halogens is 4. The second kappa shape index (κ2) is 8.18. The molecule has 0 fully saturated rings. The molecule has 1 aromatic rings. The smallest absolute Gasteiger partial charge is 0.351 e. The Bertz CT molecular complexity index is 528. The summed E-state index contributed by atoms with van der Waals surface area (Å²) in [5.41, 5.74) is 0.202. The van der Waals surface area contributed by atoms with Crippen LogP contribution in [-0.2, 0) is 9.53 Å². The number of esters is 1. The van der Waals surface area contributed by atoms with E-state index in [1.165, 1.54) is 12.1 Å². The fraction of sp³-hybridized carbons (Fsp3) is 0.462. The topological polar surface area (TPSA) is 51.0 Å². The first kappa shape index (κ1) is 18.5. The van der Waals surface area contributed by atoms with E-state index in [0.29, 0.717) is 11.4 Å². The summed E-state index contributed by atoms with van der Waals surface area (Å²) in [5.74, 6) is -0.654. The van der Waals surface area contributed by atoms with Crippen molar-refractivity contribution in [3.05, 3.63) is 27.2 Å². The van der Waals surface area contributed by atoms with Gasteiger partial charge in [0.05, 0.1) is 16.7 Å². The predicted octanol–water partition coefficient (Wildman–Crippen LogP) is 6.03. The molecule has 0 aliphatic heterocycles. The van der Waals surface area contributed by atoms with Crippen molar-refractivity contribution in [2.75, 3.05) is 6.61 Å². The van der Waals surface area contributed by atoms with E-state index in [4.69, 9.17) is 51.1 Å². The maximum Gasteiger partial charge on any atom is 0.351 e. The fourth-order valence-electron chi connectivity index (χ4n) is 1.53. The Morgan fingerprint density at radius 3 is 2.29 bits per heavy atom. The average molecular weight is 372 g/mol. The Balaban J connectivity index is 3.12. The van der Waals surface area contributed by atoms with Crippen molar-refractivity contribution in [1.29, 1.82) is 0 Å². The van der Waals surface area contributed by atoms with Gasteiger partial charge in [-0.2, -0.15) is 10.2 Å². The van der Waals surface area contributed by atoms with Crippen LogP contribution in [0.15, 0.2) is 22.4 Å². The molecule has 0 heterocycles. The molecule has 21 heavy (non-hydrogen) atoms. The lowest BCUT2D eigenvalue weighted by atomic mass is 10.2. The van der Waals surface area contributed by atoms with Gasteiger partial charge in [-0.3, -0.25) is 0 Å². The lowest BCUT2D eigenvalue weighted by Crippen LogP contribution is -2.32. The predicted molar refractivity (Wildman–Crippen MR) is 86.1 cm³/mol. The summed E-state index contributed by atoms with van der Waals surface area (Å²) in [6, 6.07) is 2.95. The molecular weight excluding hydrogens is 358 g/mol. The molecule has 4 nitrogen and oxygen atoms in total. The summed E-state index contributed by atoms with van der Waals surface area (Å²) in [6.07, 6.45) is 0.906. The Morgan fingerprint density at radius 2 is 1.81 bits per heavy atom. The fourth-order valence-corrected chi connectivity index (χ4v) is 2.70. The molecule has 1 unspecified atom stereocenters. The van der Waals surface area contributed by atoms with Crippen molar-refractivity contribution >= 4 is 58.1 Å². The lowest BCUT2D eigenvalue weighted by Gasteiger charge is -2.18. The maximum atomic E-state index is 11.9. The summed E-state index contributed by atoms with van der Waals surface area (Å²) < 4.78 is 4.92. The van der Waals surface area contributed by atoms with E-state index >= 15 is 0 Å².